The Morgan fingerprint density at radius 3 is 2.53 bits per heavy atom. The summed E-state index contributed by atoms with van der Waals surface area (Å²) in [6.07, 6.45) is 3.51. The number of methoxy groups -OCH3 is 1. The van der Waals surface area contributed by atoms with E-state index in [-0.39, 0.29) is 11.9 Å². The zero-order chi connectivity index (χ0) is 12.4. The van der Waals surface area contributed by atoms with Gasteiger partial charge in [-0.2, -0.15) is 0 Å². The van der Waals surface area contributed by atoms with E-state index in [2.05, 4.69) is 24.1 Å². The summed E-state index contributed by atoms with van der Waals surface area (Å²) in [5, 5.41) is 3.64. The number of nitrogens with one attached hydrogen (secondary N) is 1. The first-order valence-corrected chi connectivity index (χ1v) is 6.68. The van der Waals surface area contributed by atoms with Crippen molar-refractivity contribution in [2.24, 2.45) is 5.92 Å². The predicted molar refractivity (Wildman–Crippen MR) is 66.8 cm³/mol. The number of carbonyl (C=O) groups is 1. The Morgan fingerprint density at radius 2 is 2.00 bits per heavy atom. The van der Waals surface area contributed by atoms with Crippen molar-refractivity contribution >= 4 is 5.97 Å². The summed E-state index contributed by atoms with van der Waals surface area (Å²) in [6.45, 7) is 6.27. The Labute approximate surface area is 104 Å². The molecule has 1 N–H and O–H groups in total. The van der Waals surface area contributed by atoms with Gasteiger partial charge < -0.3 is 10.1 Å². The van der Waals surface area contributed by atoms with Crippen LogP contribution in [0.25, 0.3) is 0 Å². The summed E-state index contributed by atoms with van der Waals surface area (Å²) < 4.78 is 4.89. The normalized spacial score (nSPS) is 30.6. The van der Waals surface area contributed by atoms with Crippen molar-refractivity contribution in [3.05, 3.63) is 0 Å². The first kappa shape index (κ1) is 12.8. The minimum absolute atomic E-state index is 0.0346. The molecule has 0 aromatic carbocycles. The van der Waals surface area contributed by atoms with Gasteiger partial charge in [0.25, 0.3) is 0 Å². The Kier molecular flexibility index (Phi) is 4.05. The molecule has 4 nitrogen and oxygen atoms in total. The maximum Gasteiger partial charge on any atom is 0.310 e. The van der Waals surface area contributed by atoms with E-state index in [1.165, 1.54) is 20.0 Å². The van der Waals surface area contributed by atoms with E-state index in [9.17, 15) is 4.79 Å². The Morgan fingerprint density at radius 1 is 1.29 bits per heavy atom. The number of rotatable bonds is 4. The minimum Gasteiger partial charge on any atom is -0.469 e. The minimum atomic E-state index is -0.0575. The molecular formula is C13H24N2O2. The zero-order valence-electron chi connectivity index (χ0n) is 11.1. The molecule has 17 heavy (non-hydrogen) atoms. The highest BCUT2D eigenvalue weighted by molar-refractivity contribution is 5.72. The third-order valence-electron chi connectivity index (χ3n) is 3.79. The van der Waals surface area contributed by atoms with Gasteiger partial charge in [-0.05, 0) is 33.1 Å². The second kappa shape index (κ2) is 5.36. The van der Waals surface area contributed by atoms with E-state index in [0.717, 1.165) is 19.5 Å². The molecule has 1 aliphatic heterocycles. The molecule has 1 saturated carbocycles. The third kappa shape index (κ3) is 3.42. The molecular weight excluding hydrogens is 216 g/mol. The van der Waals surface area contributed by atoms with Crippen LogP contribution >= 0.6 is 0 Å². The fourth-order valence-electron chi connectivity index (χ4n) is 2.60. The molecule has 2 rings (SSSR count). The fraction of sp³-hybridized carbons (Fsp3) is 0.923. The molecule has 1 saturated heterocycles. The predicted octanol–water partition coefficient (Wildman–Crippen LogP) is 1.01. The van der Waals surface area contributed by atoms with Gasteiger partial charge in [0.15, 0.2) is 0 Å². The van der Waals surface area contributed by atoms with Gasteiger partial charge in [0.1, 0.15) is 0 Å². The largest absolute Gasteiger partial charge is 0.469 e. The van der Waals surface area contributed by atoms with Crippen LogP contribution in [0, 0.1) is 5.92 Å². The van der Waals surface area contributed by atoms with Crippen LogP contribution in [0.4, 0.5) is 0 Å². The first-order chi connectivity index (χ1) is 8.10. The number of ether oxygens (including phenoxy) is 1. The van der Waals surface area contributed by atoms with Crippen molar-refractivity contribution in [1.82, 2.24) is 10.2 Å². The van der Waals surface area contributed by atoms with Crippen molar-refractivity contribution in [1.29, 1.82) is 0 Å². The molecule has 0 amide bonds. The van der Waals surface area contributed by atoms with Crippen LogP contribution < -0.4 is 5.32 Å². The number of nitrogens with zero attached hydrogens (tertiary/aromatic N) is 1. The zero-order valence-corrected chi connectivity index (χ0v) is 11.1. The standard InChI is InChI=1S/C13H24N2O2/c1-9(2)15-7-10(13(16)17-3)6-12(8-15)14-11-4-5-11/h9-12,14H,4-8H2,1-3H3. The van der Waals surface area contributed by atoms with Crippen LogP contribution in [0.2, 0.25) is 0 Å². The molecule has 0 radical (unpaired) electrons. The maximum atomic E-state index is 11.7. The second-order valence-electron chi connectivity index (χ2n) is 5.64. The molecule has 0 bridgehead atoms. The van der Waals surface area contributed by atoms with Gasteiger partial charge in [-0.3, -0.25) is 9.69 Å². The third-order valence-corrected chi connectivity index (χ3v) is 3.79. The lowest BCUT2D eigenvalue weighted by Crippen LogP contribution is -2.53. The summed E-state index contributed by atoms with van der Waals surface area (Å²) in [5.74, 6) is -0.0228. The van der Waals surface area contributed by atoms with Crippen LogP contribution in [-0.4, -0.2) is 49.2 Å². The quantitative estimate of drug-likeness (QED) is 0.745. The van der Waals surface area contributed by atoms with Crippen LogP contribution in [-0.2, 0) is 9.53 Å². The fourth-order valence-corrected chi connectivity index (χ4v) is 2.60. The van der Waals surface area contributed by atoms with E-state index in [1.807, 2.05) is 0 Å². The molecule has 98 valence electrons. The van der Waals surface area contributed by atoms with Crippen LogP contribution in [0.1, 0.15) is 33.1 Å². The number of hydrogen-bond donors (Lipinski definition) is 1. The van der Waals surface area contributed by atoms with Crippen molar-refractivity contribution in [2.45, 2.75) is 51.2 Å². The molecule has 2 atom stereocenters. The summed E-state index contributed by atoms with van der Waals surface area (Å²) >= 11 is 0. The molecule has 0 aromatic rings. The molecule has 0 aromatic heterocycles. The van der Waals surface area contributed by atoms with Crippen molar-refractivity contribution < 1.29 is 9.53 Å². The average molecular weight is 240 g/mol. The van der Waals surface area contributed by atoms with Gasteiger partial charge in [0.2, 0.25) is 0 Å². The van der Waals surface area contributed by atoms with Crippen molar-refractivity contribution in [3.8, 4) is 0 Å². The Balaban J connectivity index is 1.95. The molecule has 0 spiro atoms. The van der Waals surface area contributed by atoms with E-state index >= 15 is 0 Å². The maximum absolute atomic E-state index is 11.7. The molecule has 4 heteroatoms. The summed E-state index contributed by atoms with van der Waals surface area (Å²) in [4.78, 5) is 14.1. The summed E-state index contributed by atoms with van der Waals surface area (Å²) in [5.41, 5.74) is 0. The SMILES string of the molecule is COC(=O)C1CC(NC2CC2)CN(C(C)C)C1. The Bertz CT molecular complexity index is 277. The monoisotopic (exact) mass is 240 g/mol. The lowest BCUT2D eigenvalue weighted by Gasteiger charge is -2.39. The molecule has 2 fully saturated rings. The van der Waals surface area contributed by atoms with Gasteiger partial charge in [-0.25, -0.2) is 0 Å². The van der Waals surface area contributed by atoms with Gasteiger partial charge >= 0.3 is 5.97 Å². The second-order valence-corrected chi connectivity index (χ2v) is 5.64. The molecule has 2 unspecified atom stereocenters. The lowest BCUT2D eigenvalue weighted by atomic mass is 9.93. The highest BCUT2D eigenvalue weighted by atomic mass is 16.5. The summed E-state index contributed by atoms with van der Waals surface area (Å²) in [7, 11) is 1.49. The Hall–Kier alpha value is -0.610. The summed E-state index contributed by atoms with van der Waals surface area (Å²) in [6, 6.07) is 1.64. The van der Waals surface area contributed by atoms with E-state index in [0.29, 0.717) is 18.1 Å². The van der Waals surface area contributed by atoms with Gasteiger partial charge in [-0.1, -0.05) is 0 Å². The van der Waals surface area contributed by atoms with Gasteiger partial charge in [0.05, 0.1) is 13.0 Å². The first-order valence-electron chi connectivity index (χ1n) is 6.68. The van der Waals surface area contributed by atoms with Gasteiger partial charge in [0, 0.05) is 31.2 Å². The number of hydrogen-bond acceptors (Lipinski definition) is 4. The van der Waals surface area contributed by atoms with Crippen LogP contribution in [0.15, 0.2) is 0 Å². The van der Waals surface area contributed by atoms with E-state index < -0.39 is 0 Å². The van der Waals surface area contributed by atoms with Crippen molar-refractivity contribution in [2.75, 3.05) is 20.2 Å². The van der Waals surface area contributed by atoms with Crippen LogP contribution in [0.5, 0.6) is 0 Å². The highest BCUT2D eigenvalue weighted by Gasteiger charge is 2.35. The van der Waals surface area contributed by atoms with Crippen LogP contribution in [0.3, 0.4) is 0 Å². The average Bonchev–Trinajstić information content (AvgIpc) is 3.11. The smallest absolute Gasteiger partial charge is 0.310 e. The number of piperidine rings is 1. The van der Waals surface area contributed by atoms with E-state index in [1.54, 1.807) is 0 Å². The number of carbonyl (C=O) groups excluding carboxylic acids is 1. The lowest BCUT2D eigenvalue weighted by molar-refractivity contribution is -0.148. The van der Waals surface area contributed by atoms with Crippen molar-refractivity contribution in [3.63, 3.8) is 0 Å². The van der Waals surface area contributed by atoms with Gasteiger partial charge in [-0.15, -0.1) is 0 Å². The number of esters is 1. The molecule has 1 aliphatic carbocycles. The highest BCUT2D eigenvalue weighted by Crippen LogP contribution is 2.25. The van der Waals surface area contributed by atoms with E-state index in [4.69, 9.17) is 4.74 Å². The number of likely N-dealkylation sites (tertiary alicyclic amines) is 1. The molecule has 1 heterocycles. The molecule has 2 aliphatic rings. The topological polar surface area (TPSA) is 41.6 Å².